The van der Waals surface area contributed by atoms with Gasteiger partial charge in [-0.2, -0.15) is 18.3 Å². The van der Waals surface area contributed by atoms with Crippen LogP contribution in [0.4, 0.5) is 30.4 Å². The normalized spacial score (nSPS) is 11.5. The zero-order valence-electron chi connectivity index (χ0n) is 17.2. The van der Waals surface area contributed by atoms with Crippen molar-refractivity contribution in [3.8, 4) is 11.1 Å². The van der Waals surface area contributed by atoms with E-state index in [1.807, 2.05) is 37.3 Å². The first kappa shape index (κ1) is 21.2. The molecule has 2 aromatic heterocycles. The summed E-state index contributed by atoms with van der Waals surface area (Å²) in [6, 6.07) is 13.0. The second-order valence-electron chi connectivity index (χ2n) is 7.22. The van der Waals surface area contributed by atoms with E-state index in [1.54, 1.807) is 6.20 Å². The van der Waals surface area contributed by atoms with Crippen molar-refractivity contribution in [3.63, 3.8) is 0 Å². The molecular formula is C23H21F3N6. The quantitative estimate of drug-likeness (QED) is 0.306. The lowest BCUT2D eigenvalue weighted by Crippen LogP contribution is -2.11. The first-order chi connectivity index (χ1) is 15.3. The lowest BCUT2D eigenvalue weighted by molar-refractivity contribution is -0.137. The summed E-state index contributed by atoms with van der Waals surface area (Å²) in [5.41, 5.74) is 9.47. The van der Waals surface area contributed by atoms with E-state index in [-0.39, 0.29) is 0 Å². The van der Waals surface area contributed by atoms with Crippen molar-refractivity contribution >= 4 is 28.2 Å². The minimum atomic E-state index is -4.41. The highest BCUT2D eigenvalue weighted by molar-refractivity contribution is 5.99. The van der Waals surface area contributed by atoms with Crippen molar-refractivity contribution in [2.75, 3.05) is 16.4 Å². The molecule has 9 heteroatoms. The van der Waals surface area contributed by atoms with Crippen LogP contribution in [-0.4, -0.2) is 15.2 Å². The lowest BCUT2D eigenvalue weighted by Gasteiger charge is -2.17. The molecule has 0 radical (unpaired) electrons. The molecule has 0 aliphatic rings. The number of hydrogen-bond donors (Lipinski definition) is 4. The summed E-state index contributed by atoms with van der Waals surface area (Å²) in [4.78, 5) is 4.20. The van der Waals surface area contributed by atoms with Gasteiger partial charge < -0.3 is 16.4 Å². The fourth-order valence-electron chi connectivity index (χ4n) is 3.49. The maximum atomic E-state index is 13.1. The van der Waals surface area contributed by atoms with Crippen molar-refractivity contribution in [1.82, 2.24) is 15.2 Å². The van der Waals surface area contributed by atoms with Gasteiger partial charge in [0.25, 0.3) is 0 Å². The van der Waals surface area contributed by atoms with E-state index < -0.39 is 11.7 Å². The van der Waals surface area contributed by atoms with Crippen molar-refractivity contribution in [2.24, 2.45) is 0 Å². The molecule has 0 saturated carbocycles. The van der Waals surface area contributed by atoms with E-state index in [0.717, 1.165) is 39.9 Å². The lowest BCUT2D eigenvalue weighted by atomic mass is 10.0. The first-order valence-electron chi connectivity index (χ1n) is 9.88. The highest BCUT2D eigenvalue weighted by atomic mass is 19.4. The van der Waals surface area contributed by atoms with Crippen molar-refractivity contribution < 1.29 is 13.2 Å². The molecule has 0 aliphatic heterocycles. The number of pyridine rings is 1. The van der Waals surface area contributed by atoms with E-state index in [1.165, 1.54) is 6.07 Å². The predicted octanol–water partition coefficient (Wildman–Crippen LogP) is 5.78. The smallest absolute Gasteiger partial charge is 0.383 e. The van der Waals surface area contributed by atoms with Gasteiger partial charge in [-0.05, 0) is 53.4 Å². The third-order valence-corrected chi connectivity index (χ3v) is 5.08. The Balaban J connectivity index is 1.52. The number of alkyl halides is 3. The molecule has 0 fully saturated rings. The molecule has 2 heterocycles. The second-order valence-corrected chi connectivity index (χ2v) is 7.22. The molecule has 0 unspecified atom stereocenters. The number of benzene rings is 2. The first-order valence-corrected chi connectivity index (χ1v) is 9.88. The number of nitrogen functional groups attached to an aromatic ring is 1. The molecule has 4 rings (SSSR count). The molecule has 0 amide bonds. The number of rotatable bonds is 6. The fraction of sp³-hybridized carbons (Fsp3) is 0.130. The van der Waals surface area contributed by atoms with Gasteiger partial charge in [-0.3, -0.25) is 5.10 Å². The van der Waals surface area contributed by atoms with Crippen molar-refractivity contribution in [3.05, 3.63) is 78.3 Å². The molecule has 6 nitrogen and oxygen atoms in total. The van der Waals surface area contributed by atoms with Crippen LogP contribution in [0.3, 0.4) is 0 Å². The molecule has 0 atom stereocenters. The number of H-pyrrole nitrogens is 1. The molecule has 164 valence electrons. The summed E-state index contributed by atoms with van der Waals surface area (Å²) in [6.07, 6.45) is -2.17. The monoisotopic (exact) mass is 438 g/mol. The zero-order valence-corrected chi connectivity index (χ0v) is 17.2. The van der Waals surface area contributed by atoms with Gasteiger partial charge in [0.1, 0.15) is 11.6 Å². The van der Waals surface area contributed by atoms with Gasteiger partial charge in [-0.1, -0.05) is 31.7 Å². The van der Waals surface area contributed by atoms with Crippen LogP contribution >= 0.6 is 0 Å². The van der Waals surface area contributed by atoms with Gasteiger partial charge in [-0.25, -0.2) is 4.98 Å². The Morgan fingerprint density at radius 2 is 1.84 bits per heavy atom. The molecule has 32 heavy (non-hydrogen) atoms. The molecular weight excluding hydrogens is 417 g/mol. The number of anilines is 3. The summed E-state index contributed by atoms with van der Waals surface area (Å²) in [6.45, 7) is 5.78. The van der Waals surface area contributed by atoms with Crippen LogP contribution in [0.1, 0.15) is 18.1 Å². The van der Waals surface area contributed by atoms with Gasteiger partial charge >= 0.3 is 6.18 Å². The Labute approximate surface area is 182 Å². The number of fused-ring (bicyclic) bond motifs is 1. The van der Waals surface area contributed by atoms with Gasteiger partial charge in [0, 0.05) is 17.6 Å². The number of hydrogen-bond acceptors (Lipinski definition) is 5. The van der Waals surface area contributed by atoms with Crippen LogP contribution in [0, 0.1) is 0 Å². The van der Waals surface area contributed by atoms with E-state index in [2.05, 4.69) is 32.4 Å². The third kappa shape index (κ3) is 4.22. The van der Waals surface area contributed by atoms with Gasteiger partial charge in [0.15, 0.2) is 5.65 Å². The number of nitrogens with one attached hydrogen (secondary N) is 3. The number of nitrogens with two attached hydrogens (primary N) is 1. The van der Waals surface area contributed by atoms with Gasteiger partial charge in [-0.15, -0.1) is 0 Å². The van der Waals surface area contributed by atoms with Crippen LogP contribution in [0.2, 0.25) is 0 Å². The average Bonchev–Trinajstić information content (AvgIpc) is 3.15. The zero-order chi connectivity index (χ0) is 22.9. The fourth-order valence-corrected chi connectivity index (χ4v) is 3.49. The molecule has 0 bridgehead atoms. The Bertz CT molecular complexity index is 1280. The summed E-state index contributed by atoms with van der Waals surface area (Å²) in [5, 5.41) is 13.6. The molecule has 5 N–H and O–H groups in total. The minimum absolute atomic E-state index is 0.358. The van der Waals surface area contributed by atoms with Gasteiger partial charge in [0.2, 0.25) is 0 Å². The highest BCUT2D eigenvalue weighted by Crippen LogP contribution is 2.33. The number of nitrogens with zero attached hydrogens (tertiary/aromatic N) is 2. The topological polar surface area (TPSA) is 91.7 Å². The summed E-state index contributed by atoms with van der Waals surface area (Å²) < 4.78 is 39.3. The van der Waals surface area contributed by atoms with Crippen LogP contribution in [-0.2, 0) is 12.6 Å². The molecule has 0 spiro atoms. The second kappa shape index (κ2) is 8.26. The van der Waals surface area contributed by atoms with E-state index in [0.29, 0.717) is 29.4 Å². The number of aryl methyl sites for hydroxylation is 1. The third-order valence-electron chi connectivity index (χ3n) is 5.08. The average molecular weight is 438 g/mol. The Morgan fingerprint density at radius 1 is 1.09 bits per heavy atom. The Kier molecular flexibility index (Phi) is 5.48. The maximum Gasteiger partial charge on any atom is 0.416 e. The maximum absolute atomic E-state index is 13.1. The number of aromatic amines is 1. The van der Waals surface area contributed by atoms with Crippen LogP contribution in [0.15, 0.2) is 67.1 Å². The number of halogens is 3. The summed E-state index contributed by atoms with van der Waals surface area (Å²) >= 11 is 0. The Morgan fingerprint density at radius 3 is 2.53 bits per heavy atom. The van der Waals surface area contributed by atoms with Crippen molar-refractivity contribution in [1.29, 1.82) is 0 Å². The molecule has 2 aromatic carbocycles. The molecule has 0 saturated heterocycles. The highest BCUT2D eigenvalue weighted by Gasteiger charge is 2.31. The largest absolute Gasteiger partial charge is 0.416 e. The van der Waals surface area contributed by atoms with Crippen LogP contribution in [0.25, 0.3) is 22.2 Å². The van der Waals surface area contributed by atoms with E-state index >= 15 is 0 Å². The van der Waals surface area contributed by atoms with E-state index in [9.17, 15) is 13.2 Å². The predicted molar refractivity (Wildman–Crippen MR) is 121 cm³/mol. The van der Waals surface area contributed by atoms with Crippen LogP contribution in [0.5, 0.6) is 0 Å². The van der Waals surface area contributed by atoms with Crippen LogP contribution < -0.4 is 16.4 Å². The molecule has 0 aliphatic carbocycles. The Hall–Kier alpha value is -4.01. The minimum Gasteiger partial charge on any atom is -0.383 e. The number of aromatic nitrogens is 3. The molecule has 4 aromatic rings. The summed E-state index contributed by atoms with van der Waals surface area (Å²) in [7, 11) is 0. The van der Waals surface area contributed by atoms with E-state index in [4.69, 9.17) is 5.73 Å². The SMILES string of the molecule is C=C(Nc1ccc(-c2ccnc3n[nH]c(N)c23)cc1)Nc1cc(C(F)(F)F)ccc1CC. The standard InChI is InChI=1S/C23H21F3N6/c1-3-14-4-7-16(23(24,25)26)12-19(14)30-13(2)29-17-8-5-15(6-9-17)18-10-11-28-22-20(18)21(27)31-32-22/h4-12,29-30H,2-3H2,1H3,(H3,27,28,31,32). The van der Waals surface area contributed by atoms with Gasteiger partial charge in [0.05, 0.1) is 10.9 Å². The van der Waals surface area contributed by atoms with Crippen molar-refractivity contribution in [2.45, 2.75) is 19.5 Å². The summed E-state index contributed by atoms with van der Waals surface area (Å²) in [5.74, 6) is 0.799.